The van der Waals surface area contributed by atoms with Gasteiger partial charge in [-0.1, -0.05) is 0 Å². The Bertz CT molecular complexity index is 1550. The van der Waals surface area contributed by atoms with Crippen LogP contribution in [-0.2, 0) is 0 Å². The van der Waals surface area contributed by atoms with Crippen molar-refractivity contribution in [1.29, 1.82) is 0 Å². The van der Waals surface area contributed by atoms with E-state index in [0.717, 1.165) is 87.8 Å². The van der Waals surface area contributed by atoms with Gasteiger partial charge in [0.25, 0.3) is 0 Å². The third-order valence-corrected chi connectivity index (χ3v) is 6.40. The Hall–Kier alpha value is -3.92. The Morgan fingerprint density at radius 3 is 0.536 bits per heavy atom. The molecule has 4 aromatic heterocycles. The maximum absolute atomic E-state index is 6.25. The molecule has 0 aliphatic rings. The molecule has 0 saturated carbocycles. The Balaban J connectivity index is 1.93. The molecular weight excluding hydrogens is 352 g/mol. The molecule has 28 heavy (non-hydrogen) atoms. The lowest BCUT2D eigenvalue weighted by atomic mass is 9.95. The molecular formula is C24H8O4. The van der Waals surface area contributed by atoms with Gasteiger partial charge in [-0.15, -0.1) is 0 Å². The van der Waals surface area contributed by atoms with E-state index in [0.29, 0.717) is 0 Å². The molecule has 0 fully saturated rings. The zero-order chi connectivity index (χ0) is 17.7. The van der Waals surface area contributed by atoms with Gasteiger partial charge in [0.2, 0.25) is 0 Å². The SMILES string of the molecule is c1cc2oc3ccc4oc5ccc6oc7ccc8oc1c1c8c7c6c5c4c3c21. The minimum Gasteiger partial charge on any atom is -0.456 e. The van der Waals surface area contributed by atoms with Gasteiger partial charge in [0.1, 0.15) is 44.7 Å². The first kappa shape index (κ1) is 12.5. The van der Waals surface area contributed by atoms with E-state index in [4.69, 9.17) is 17.7 Å². The molecule has 128 valence electrons. The highest BCUT2D eigenvalue weighted by Gasteiger charge is 2.27. The molecule has 0 amide bonds. The van der Waals surface area contributed by atoms with Crippen molar-refractivity contribution < 1.29 is 17.7 Å². The maximum Gasteiger partial charge on any atom is 0.136 e. The van der Waals surface area contributed by atoms with Crippen molar-refractivity contribution in [3.05, 3.63) is 48.5 Å². The predicted octanol–water partition coefficient (Wildman–Crippen LogP) is 7.60. The third-order valence-electron chi connectivity index (χ3n) is 6.40. The summed E-state index contributed by atoms with van der Waals surface area (Å²) in [6, 6.07) is 16.0. The highest BCUT2D eigenvalue weighted by atomic mass is 16.3. The van der Waals surface area contributed by atoms with E-state index in [2.05, 4.69) is 0 Å². The number of hydrogen-bond donors (Lipinski definition) is 0. The van der Waals surface area contributed by atoms with E-state index in [1.54, 1.807) is 0 Å². The standard InChI is InChI=1S/C24H8O4/c1-2-10-18-17-9(1)25-11-3-4-13-21(19(11)17)23-15(27-13)7-8-16-24(23)22-14(28-16)6-5-12(26-10)20(18)22/h1-8H. The zero-order valence-electron chi connectivity index (χ0n) is 14.3. The number of hydrogen-bond acceptors (Lipinski definition) is 4. The second-order valence-corrected chi connectivity index (χ2v) is 7.66. The summed E-state index contributed by atoms with van der Waals surface area (Å²) in [4.78, 5) is 0. The summed E-state index contributed by atoms with van der Waals surface area (Å²) in [5.41, 5.74) is 6.91. The molecule has 4 heteroatoms. The summed E-state index contributed by atoms with van der Waals surface area (Å²) in [5.74, 6) is 0. The van der Waals surface area contributed by atoms with Crippen LogP contribution in [0.15, 0.2) is 66.2 Å². The van der Waals surface area contributed by atoms with Crippen LogP contribution in [0.1, 0.15) is 0 Å². The van der Waals surface area contributed by atoms with E-state index >= 15 is 0 Å². The molecule has 0 bridgehead atoms. The first-order valence-corrected chi connectivity index (χ1v) is 9.28. The van der Waals surface area contributed by atoms with Crippen LogP contribution in [0.5, 0.6) is 0 Å². The molecule has 0 saturated heterocycles. The van der Waals surface area contributed by atoms with Crippen molar-refractivity contribution in [1.82, 2.24) is 0 Å². The third kappa shape index (κ3) is 1.06. The van der Waals surface area contributed by atoms with Gasteiger partial charge in [0.15, 0.2) is 0 Å². The minimum atomic E-state index is 0.864. The number of furan rings is 4. The molecule has 5 aromatic carbocycles. The Kier molecular flexibility index (Phi) is 1.59. The van der Waals surface area contributed by atoms with Crippen molar-refractivity contribution in [3.8, 4) is 0 Å². The average molecular weight is 360 g/mol. The van der Waals surface area contributed by atoms with Crippen LogP contribution >= 0.6 is 0 Å². The molecule has 0 aliphatic carbocycles. The molecule has 9 rings (SSSR count). The summed E-state index contributed by atoms with van der Waals surface area (Å²) in [6.07, 6.45) is 0. The topological polar surface area (TPSA) is 52.6 Å². The lowest BCUT2D eigenvalue weighted by molar-refractivity contribution is 0.657. The van der Waals surface area contributed by atoms with Crippen LogP contribution in [0.4, 0.5) is 0 Å². The van der Waals surface area contributed by atoms with Gasteiger partial charge in [0.05, 0.1) is 0 Å². The normalized spacial score (nSPS) is 13.7. The van der Waals surface area contributed by atoms with Crippen molar-refractivity contribution in [2.45, 2.75) is 0 Å². The molecule has 0 spiro atoms. The smallest absolute Gasteiger partial charge is 0.136 e. The highest BCUT2D eigenvalue weighted by Crippen LogP contribution is 2.51. The van der Waals surface area contributed by atoms with Crippen LogP contribution in [0.2, 0.25) is 0 Å². The van der Waals surface area contributed by atoms with Gasteiger partial charge in [0, 0.05) is 43.1 Å². The fraction of sp³-hybridized carbons (Fsp3) is 0. The average Bonchev–Trinajstić information content (AvgIpc) is 3.42. The zero-order valence-corrected chi connectivity index (χ0v) is 14.3. The molecule has 0 atom stereocenters. The monoisotopic (exact) mass is 360 g/mol. The number of benzene rings is 4. The maximum atomic E-state index is 6.25. The number of rotatable bonds is 0. The van der Waals surface area contributed by atoms with Crippen molar-refractivity contribution in [2.24, 2.45) is 0 Å². The molecule has 9 aromatic rings. The van der Waals surface area contributed by atoms with Gasteiger partial charge in [-0.3, -0.25) is 0 Å². The quantitative estimate of drug-likeness (QED) is 0.279. The predicted molar refractivity (Wildman–Crippen MR) is 109 cm³/mol. The van der Waals surface area contributed by atoms with Crippen LogP contribution in [-0.4, -0.2) is 0 Å². The van der Waals surface area contributed by atoms with Crippen molar-refractivity contribution >= 4 is 87.8 Å². The van der Waals surface area contributed by atoms with Crippen LogP contribution in [0.3, 0.4) is 0 Å². The Labute approximate surface area is 154 Å². The van der Waals surface area contributed by atoms with E-state index in [9.17, 15) is 0 Å². The van der Waals surface area contributed by atoms with Gasteiger partial charge in [-0.2, -0.15) is 0 Å². The summed E-state index contributed by atoms with van der Waals surface area (Å²) in [7, 11) is 0. The molecule has 4 heterocycles. The van der Waals surface area contributed by atoms with Gasteiger partial charge in [-0.25, -0.2) is 0 Å². The minimum absolute atomic E-state index is 0.864. The fourth-order valence-corrected chi connectivity index (χ4v) is 5.40. The van der Waals surface area contributed by atoms with Gasteiger partial charge >= 0.3 is 0 Å². The second kappa shape index (κ2) is 3.58. The summed E-state index contributed by atoms with van der Waals surface area (Å²) < 4.78 is 25.0. The molecule has 0 N–H and O–H groups in total. The van der Waals surface area contributed by atoms with Crippen LogP contribution in [0, 0.1) is 0 Å². The van der Waals surface area contributed by atoms with Gasteiger partial charge < -0.3 is 17.7 Å². The fourth-order valence-electron chi connectivity index (χ4n) is 5.40. The van der Waals surface area contributed by atoms with Crippen molar-refractivity contribution in [3.63, 3.8) is 0 Å². The lowest BCUT2D eigenvalue weighted by Crippen LogP contribution is -1.78. The van der Waals surface area contributed by atoms with Gasteiger partial charge in [-0.05, 0) is 48.5 Å². The lowest BCUT2D eigenvalue weighted by Gasteiger charge is -2.01. The van der Waals surface area contributed by atoms with E-state index in [-0.39, 0.29) is 0 Å². The van der Waals surface area contributed by atoms with E-state index < -0.39 is 0 Å². The Morgan fingerprint density at radius 2 is 0.393 bits per heavy atom. The van der Waals surface area contributed by atoms with Crippen molar-refractivity contribution in [2.75, 3.05) is 0 Å². The molecule has 0 unspecified atom stereocenters. The highest BCUT2D eigenvalue weighted by molar-refractivity contribution is 6.43. The van der Waals surface area contributed by atoms with Crippen LogP contribution in [0.25, 0.3) is 87.8 Å². The van der Waals surface area contributed by atoms with E-state index in [1.807, 2.05) is 48.5 Å². The largest absolute Gasteiger partial charge is 0.456 e. The van der Waals surface area contributed by atoms with E-state index in [1.165, 1.54) is 0 Å². The summed E-state index contributed by atoms with van der Waals surface area (Å²) >= 11 is 0. The summed E-state index contributed by atoms with van der Waals surface area (Å²) in [5, 5.41) is 8.75. The molecule has 4 nitrogen and oxygen atoms in total. The second-order valence-electron chi connectivity index (χ2n) is 7.66. The molecule has 0 radical (unpaired) electrons. The first-order valence-electron chi connectivity index (χ1n) is 9.28. The Morgan fingerprint density at radius 1 is 0.250 bits per heavy atom. The summed E-state index contributed by atoms with van der Waals surface area (Å²) in [6.45, 7) is 0. The van der Waals surface area contributed by atoms with Crippen LogP contribution < -0.4 is 0 Å². The molecule has 0 aliphatic heterocycles. The first-order chi connectivity index (χ1) is 13.9.